The maximum absolute atomic E-state index is 2.94. The minimum absolute atomic E-state index is 0.212. The largest absolute Gasteiger partial charge is 0.314 e. The fraction of sp³-hybridized carbons (Fsp3) is 0.826. The fourth-order valence-corrected chi connectivity index (χ4v) is 13.0. The summed E-state index contributed by atoms with van der Waals surface area (Å²) in [7, 11) is -1.65. The van der Waals surface area contributed by atoms with Crippen LogP contribution in [0.2, 0.25) is 18.6 Å². The Bertz CT molecular complexity index is 544. The van der Waals surface area contributed by atoms with Gasteiger partial charge < -0.3 is 4.57 Å². The van der Waals surface area contributed by atoms with Crippen molar-refractivity contribution in [3.8, 4) is 0 Å². The summed E-state index contributed by atoms with van der Waals surface area (Å²) in [4.78, 5) is 2.82. The predicted octanol–water partition coefficient (Wildman–Crippen LogP) is 5.69. The highest BCUT2D eigenvalue weighted by Crippen LogP contribution is 2.54. The Balaban J connectivity index is 1.95. The first kappa shape index (κ1) is 20.4. The van der Waals surface area contributed by atoms with Crippen molar-refractivity contribution in [3.05, 3.63) is 24.3 Å². The van der Waals surface area contributed by atoms with Crippen molar-refractivity contribution < 1.29 is 0 Å². The summed E-state index contributed by atoms with van der Waals surface area (Å²) in [5.41, 5.74) is 1.25. The van der Waals surface area contributed by atoms with Crippen molar-refractivity contribution in [1.82, 2.24) is 9.47 Å². The van der Waals surface area contributed by atoms with E-state index in [0.29, 0.717) is 0 Å². The molecule has 1 saturated heterocycles. The normalized spacial score (nSPS) is 33.3. The summed E-state index contributed by atoms with van der Waals surface area (Å²) in [6, 6.07) is 0.766. The van der Waals surface area contributed by atoms with Crippen molar-refractivity contribution in [1.29, 1.82) is 0 Å². The molecule has 0 bridgehead atoms. The molecule has 3 aliphatic rings. The SMILES string of the molecule is CC(C)(C)N(C(C)(C)C)[Si](C)(C)C1CC(N2CCCC2)C2C=CC=CC21. The van der Waals surface area contributed by atoms with Gasteiger partial charge in [-0.25, -0.2) is 0 Å². The summed E-state index contributed by atoms with van der Waals surface area (Å²) in [6.45, 7) is 22.5. The average molecular weight is 375 g/mol. The van der Waals surface area contributed by atoms with Crippen LogP contribution in [0, 0.1) is 11.8 Å². The van der Waals surface area contributed by atoms with Gasteiger partial charge in [-0.3, -0.25) is 4.90 Å². The van der Waals surface area contributed by atoms with Gasteiger partial charge >= 0.3 is 0 Å². The molecule has 148 valence electrons. The molecule has 0 spiro atoms. The monoisotopic (exact) mass is 374 g/mol. The molecule has 0 N–H and O–H groups in total. The molecular formula is C23H42N2Si. The zero-order valence-corrected chi connectivity index (χ0v) is 19.5. The van der Waals surface area contributed by atoms with Crippen LogP contribution in [-0.4, -0.2) is 47.9 Å². The molecule has 0 radical (unpaired) electrons. The zero-order chi connectivity index (χ0) is 19.3. The van der Waals surface area contributed by atoms with Gasteiger partial charge in [0.05, 0.1) is 0 Å². The summed E-state index contributed by atoms with van der Waals surface area (Å²) in [5.74, 6) is 1.47. The van der Waals surface area contributed by atoms with E-state index in [1.165, 1.54) is 32.4 Å². The van der Waals surface area contributed by atoms with Crippen molar-refractivity contribution in [2.75, 3.05) is 13.1 Å². The molecule has 0 aromatic carbocycles. The number of nitrogens with zero attached hydrogens (tertiary/aromatic N) is 2. The number of likely N-dealkylation sites (tertiary alicyclic amines) is 1. The van der Waals surface area contributed by atoms with Crippen LogP contribution in [0.1, 0.15) is 60.8 Å². The van der Waals surface area contributed by atoms with Crippen LogP contribution in [0.15, 0.2) is 24.3 Å². The maximum atomic E-state index is 2.94. The van der Waals surface area contributed by atoms with Crippen molar-refractivity contribution in [3.63, 3.8) is 0 Å². The van der Waals surface area contributed by atoms with Gasteiger partial charge in [0.2, 0.25) is 0 Å². The fourth-order valence-electron chi connectivity index (χ4n) is 7.13. The van der Waals surface area contributed by atoms with Crippen LogP contribution < -0.4 is 0 Å². The molecule has 2 fully saturated rings. The lowest BCUT2D eigenvalue weighted by molar-refractivity contribution is 0.122. The molecule has 2 nitrogen and oxygen atoms in total. The third-order valence-electron chi connectivity index (χ3n) is 7.06. The minimum atomic E-state index is -1.65. The molecule has 26 heavy (non-hydrogen) atoms. The van der Waals surface area contributed by atoms with Gasteiger partial charge in [0, 0.05) is 17.1 Å². The van der Waals surface area contributed by atoms with E-state index in [-0.39, 0.29) is 11.1 Å². The molecule has 0 aromatic heterocycles. The van der Waals surface area contributed by atoms with Crippen molar-refractivity contribution >= 4 is 8.24 Å². The lowest BCUT2D eigenvalue weighted by atomic mass is 9.89. The molecular weight excluding hydrogens is 332 g/mol. The van der Waals surface area contributed by atoms with Crippen LogP contribution in [0.25, 0.3) is 0 Å². The molecule has 4 unspecified atom stereocenters. The molecule has 0 aromatic rings. The molecule has 1 heterocycles. The summed E-state index contributed by atoms with van der Waals surface area (Å²) >= 11 is 0. The standard InChI is InChI=1S/C23H42N2Si/c1-22(2,3)25(23(4,5)6)26(7,8)21-17-20(24-15-11-12-16-24)18-13-9-10-14-19(18)21/h9-10,13-14,18-21H,11-12,15-17H2,1-8H3. The van der Waals surface area contributed by atoms with E-state index in [1.807, 2.05) is 0 Å². The third-order valence-corrected chi connectivity index (χ3v) is 12.0. The number of hydrogen-bond acceptors (Lipinski definition) is 2. The highest BCUT2D eigenvalue weighted by molar-refractivity contribution is 6.76. The van der Waals surface area contributed by atoms with Crippen LogP contribution in [0.3, 0.4) is 0 Å². The number of hydrogen-bond donors (Lipinski definition) is 0. The van der Waals surface area contributed by atoms with Crippen molar-refractivity contribution in [2.24, 2.45) is 11.8 Å². The van der Waals surface area contributed by atoms with Gasteiger partial charge in [-0.2, -0.15) is 0 Å². The highest BCUT2D eigenvalue weighted by Gasteiger charge is 2.55. The van der Waals surface area contributed by atoms with E-state index in [2.05, 4.69) is 88.4 Å². The Kier molecular flexibility index (Phi) is 5.40. The van der Waals surface area contributed by atoms with Gasteiger partial charge in [0.15, 0.2) is 0 Å². The summed E-state index contributed by atoms with van der Waals surface area (Å²) in [5, 5.41) is 0. The molecule has 3 heteroatoms. The Morgan fingerprint density at radius 2 is 1.35 bits per heavy atom. The first-order valence-corrected chi connectivity index (χ1v) is 13.9. The number of rotatable bonds is 3. The average Bonchev–Trinajstić information content (AvgIpc) is 3.10. The molecule has 2 aliphatic carbocycles. The van der Waals surface area contributed by atoms with Gasteiger partial charge in [-0.05, 0) is 91.3 Å². The Morgan fingerprint density at radius 3 is 1.85 bits per heavy atom. The maximum Gasteiger partial charge on any atom is 0.127 e. The van der Waals surface area contributed by atoms with E-state index in [0.717, 1.165) is 23.4 Å². The summed E-state index contributed by atoms with van der Waals surface area (Å²) in [6.07, 6.45) is 13.9. The van der Waals surface area contributed by atoms with Crippen LogP contribution in [0.4, 0.5) is 0 Å². The second-order valence-corrected chi connectivity index (χ2v) is 15.9. The molecule has 0 amide bonds. The summed E-state index contributed by atoms with van der Waals surface area (Å²) < 4.78 is 2.94. The molecule has 4 atom stereocenters. The zero-order valence-electron chi connectivity index (χ0n) is 18.5. The lowest BCUT2D eigenvalue weighted by Crippen LogP contribution is -2.67. The van der Waals surface area contributed by atoms with Gasteiger partial charge in [0.1, 0.15) is 8.24 Å². The minimum Gasteiger partial charge on any atom is -0.314 e. The molecule has 1 aliphatic heterocycles. The first-order chi connectivity index (χ1) is 11.9. The molecule has 3 rings (SSSR count). The Labute approximate surface area is 163 Å². The third kappa shape index (κ3) is 3.64. The van der Waals surface area contributed by atoms with E-state index in [9.17, 15) is 0 Å². The molecule has 1 saturated carbocycles. The predicted molar refractivity (Wildman–Crippen MR) is 117 cm³/mol. The topological polar surface area (TPSA) is 6.48 Å². The van der Waals surface area contributed by atoms with E-state index < -0.39 is 8.24 Å². The van der Waals surface area contributed by atoms with Crippen LogP contribution in [-0.2, 0) is 0 Å². The van der Waals surface area contributed by atoms with E-state index in [4.69, 9.17) is 0 Å². The number of allylic oxidation sites excluding steroid dienone is 3. The van der Waals surface area contributed by atoms with Crippen LogP contribution >= 0.6 is 0 Å². The second-order valence-electron chi connectivity index (χ2n) is 11.4. The highest BCUT2D eigenvalue weighted by atomic mass is 28.3. The Morgan fingerprint density at radius 1 is 0.846 bits per heavy atom. The van der Waals surface area contributed by atoms with Crippen molar-refractivity contribution in [2.45, 2.75) is 96.6 Å². The lowest BCUT2D eigenvalue weighted by Gasteiger charge is -2.57. The Hall–Kier alpha value is -0.383. The van der Waals surface area contributed by atoms with E-state index >= 15 is 0 Å². The van der Waals surface area contributed by atoms with Crippen LogP contribution in [0.5, 0.6) is 0 Å². The quantitative estimate of drug-likeness (QED) is 0.586. The van der Waals surface area contributed by atoms with Gasteiger partial charge in [0.25, 0.3) is 0 Å². The second kappa shape index (κ2) is 6.90. The number of fused-ring (bicyclic) bond motifs is 1. The van der Waals surface area contributed by atoms with Gasteiger partial charge in [-0.1, -0.05) is 37.4 Å². The first-order valence-electron chi connectivity index (χ1n) is 10.8. The smallest absolute Gasteiger partial charge is 0.127 e. The van der Waals surface area contributed by atoms with E-state index in [1.54, 1.807) is 0 Å². The van der Waals surface area contributed by atoms with Gasteiger partial charge in [-0.15, -0.1) is 0 Å².